The lowest BCUT2D eigenvalue weighted by molar-refractivity contribution is 0.309. The number of ether oxygens (including phenoxy) is 1. The van der Waals surface area contributed by atoms with E-state index in [1.165, 1.54) is 0 Å². The molecule has 0 amide bonds. The van der Waals surface area contributed by atoms with Gasteiger partial charge < -0.3 is 4.74 Å². The van der Waals surface area contributed by atoms with E-state index in [4.69, 9.17) is 16.3 Å². The fourth-order valence-electron chi connectivity index (χ4n) is 2.14. The van der Waals surface area contributed by atoms with Gasteiger partial charge in [0.05, 0.1) is 11.5 Å². The van der Waals surface area contributed by atoms with Gasteiger partial charge in [-0.05, 0) is 60.9 Å². The van der Waals surface area contributed by atoms with E-state index in [-0.39, 0.29) is 11.4 Å². The fraction of sp³-hybridized carbons (Fsp3) is 0.333. The molecule has 24 heavy (non-hydrogen) atoms. The van der Waals surface area contributed by atoms with Crippen molar-refractivity contribution in [3.05, 3.63) is 58.6 Å². The molecule has 0 aliphatic carbocycles. The number of aryl methyl sites for hydroxylation is 1. The minimum atomic E-state index is -3.58. The smallest absolute Gasteiger partial charge is 0.240 e. The molecule has 0 aliphatic heterocycles. The lowest BCUT2D eigenvalue weighted by atomic mass is 10.1. The van der Waals surface area contributed by atoms with Gasteiger partial charge in [-0.15, -0.1) is 0 Å². The fourth-order valence-corrected chi connectivity index (χ4v) is 3.34. The van der Waals surface area contributed by atoms with Gasteiger partial charge in [0.25, 0.3) is 0 Å². The summed E-state index contributed by atoms with van der Waals surface area (Å²) < 4.78 is 32.9. The molecule has 0 fully saturated rings. The van der Waals surface area contributed by atoms with Gasteiger partial charge in [0.1, 0.15) is 5.75 Å². The zero-order valence-electron chi connectivity index (χ0n) is 13.9. The molecule has 0 unspecified atom stereocenters. The van der Waals surface area contributed by atoms with E-state index in [0.717, 1.165) is 24.0 Å². The Morgan fingerprint density at radius 2 is 1.83 bits per heavy atom. The van der Waals surface area contributed by atoms with Gasteiger partial charge >= 0.3 is 0 Å². The second-order valence-corrected chi connectivity index (χ2v) is 7.77. The Labute approximate surface area is 148 Å². The van der Waals surface area contributed by atoms with Crippen LogP contribution in [0, 0.1) is 6.92 Å². The van der Waals surface area contributed by atoms with E-state index in [9.17, 15) is 8.42 Å². The number of sulfonamides is 1. The Morgan fingerprint density at radius 1 is 1.12 bits per heavy atom. The number of unbranched alkanes of at least 4 members (excludes halogenated alkanes) is 1. The molecule has 0 spiro atoms. The Bertz CT molecular complexity index is 773. The van der Waals surface area contributed by atoms with Crippen LogP contribution in [0.15, 0.2) is 47.4 Å². The van der Waals surface area contributed by atoms with Crippen molar-refractivity contribution in [2.75, 3.05) is 6.61 Å². The molecule has 0 aromatic heterocycles. The molecule has 130 valence electrons. The van der Waals surface area contributed by atoms with Crippen molar-refractivity contribution < 1.29 is 13.2 Å². The highest BCUT2D eigenvalue weighted by atomic mass is 35.5. The Kier molecular flexibility index (Phi) is 6.66. The van der Waals surface area contributed by atoms with E-state index >= 15 is 0 Å². The van der Waals surface area contributed by atoms with E-state index < -0.39 is 10.0 Å². The van der Waals surface area contributed by atoms with Crippen LogP contribution in [-0.4, -0.2) is 15.0 Å². The number of hydrogen-bond donors (Lipinski definition) is 1. The second-order valence-electron chi connectivity index (χ2n) is 5.57. The van der Waals surface area contributed by atoms with Crippen molar-refractivity contribution in [1.82, 2.24) is 4.72 Å². The molecule has 0 radical (unpaired) electrons. The standard InChI is InChI=1S/C18H22ClNO3S/c1-3-4-11-23-17-7-9-18(10-8-17)24(21,22)20-13-15-12-16(19)6-5-14(15)2/h5-10,12,20H,3-4,11,13H2,1-2H3. The third-order valence-corrected chi connectivity index (χ3v) is 5.32. The van der Waals surface area contributed by atoms with E-state index in [1.807, 2.05) is 13.0 Å². The SMILES string of the molecule is CCCCOc1ccc(S(=O)(=O)NCc2cc(Cl)ccc2C)cc1. The summed E-state index contributed by atoms with van der Waals surface area (Å²) in [7, 11) is -3.58. The third kappa shape index (κ3) is 5.23. The summed E-state index contributed by atoms with van der Waals surface area (Å²) in [6, 6.07) is 11.9. The first-order chi connectivity index (χ1) is 11.4. The Morgan fingerprint density at radius 3 is 2.50 bits per heavy atom. The van der Waals surface area contributed by atoms with Crippen LogP contribution in [0.25, 0.3) is 0 Å². The van der Waals surface area contributed by atoms with Crippen molar-refractivity contribution in [3.8, 4) is 5.75 Å². The van der Waals surface area contributed by atoms with Gasteiger partial charge in [0, 0.05) is 11.6 Å². The summed E-state index contributed by atoms with van der Waals surface area (Å²) in [4.78, 5) is 0.213. The Hall–Kier alpha value is -1.56. The number of benzene rings is 2. The van der Waals surface area contributed by atoms with Gasteiger partial charge in [-0.1, -0.05) is 31.0 Å². The summed E-state index contributed by atoms with van der Waals surface area (Å²) in [6.45, 7) is 4.84. The van der Waals surface area contributed by atoms with E-state index in [2.05, 4.69) is 11.6 Å². The lowest BCUT2D eigenvalue weighted by Gasteiger charge is -2.10. The number of rotatable bonds is 8. The maximum absolute atomic E-state index is 12.4. The molecule has 2 aromatic carbocycles. The third-order valence-electron chi connectivity index (χ3n) is 3.66. The second kappa shape index (κ2) is 8.51. The van der Waals surface area contributed by atoms with Gasteiger partial charge in [0.15, 0.2) is 0 Å². The monoisotopic (exact) mass is 367 g/mol. The van der Waals surface area contributed by atoms with Crippen LogP contribution < -0.4 is 9.46 Å². The predicted octanol–water partition coefficient (Wildman–Crippen LogP) is 4.31. The van der Waals surface area contributed by atoms with Gasteiger partial charge in [-0.2, -0.15) is 0 Å². The maximum atomic E-state index is 12.4. The van der Waals surface area contributed by atoms with Crippen molar-refractivity contribution in [2.24, 2.45) is 0 Å². The van der Waals surface area contributed by atoms with E-state index in [1.54, 1.807) is 36.4 Å². The summed E-state index contributed by atoms with van der Waals surface area (Å²) in [5, 5.41) is 0.586. The Balaban J connectivity index is 2.03. The van der Waals surface area contributed by atoms with Crippen molar-refractivity contribution >= 4 is 21.6 Å². The summed E-state index contributed by atoms with van der Waals surface area (Å²) in [5.41, 5.74) is 1.84. The van der Waals surface area contributed by atoms with Crippen LogP contribution in [0.2, 0.25) is 5.02 Å². The van der Waals surface area contributed by atoms with Crippen LogP contribution >= 0.6 is 11.6 Å². The van der Waals surface area contributed by atoms with Crippen molar-refractivity contribution in [2.45, 2.75) is 38.1 Å². The normalized spacial score (nSPS) is 11.5. The first-order valence-electron chi connectivity index (χ1n) is 7.90. The topological polar surface area (TPSA) is 55.4 Å². The molecule has 0 atom stereocenters. The first kappa shape index (κ1) is 18.8. The average molecular weight is 368 g/mol. The molecule has 2 rings (SSSR count). The van der Waals surface area contributed by atoms with E-state index in [0.29, 0.717) is 17.4 Å². The largest absolute Gasteiger partial charge is 0.494 e. The van der Waals surface area contributed by atoms with Crippen LogP contribution in [0.4, 0.5) is 0 Å². The maximum Gasteiger partial charge on any atom is 0.240 e. The number of nitrogens with one attached hydrogen (secondary N) is 1. The highest BCUT2D eigenvalue weighted by molar-refractivity contribution is 7.89. The highest BCUT2D eigenvalue weighted by Crippen LogP contribution is 2.18. The zero-order valence-corrected chi connectivity index (χ0v) is 15.5. The summed E-state index contributed by atoms with van der Waals surface area (Å²) in [5.74, 6) is 0.674. The molecule has 0 saturated heterocycles. The predicted molar refractivity (Wildman–Crippen MR) is 97.1 cm³/mol. The molecule has 4 nitrogen and oxygen atoms in total. The van der Waals surface area contributed by atoms with Gasteiger partial charge in [0.2, 0.25) is 10.0 Å². The van der Waals surface area contributed by atoms with Crippen LogP contribution in [0.5, 0.6) is 5.75 Å². The van der Waals surface area contributed by atoms with Crippen molar-refractivity contribution in [3.63, 3.8) is 0 Å². The van der Waals surface area contributed by atoms with Crippen molar-refractivity contribution in [1.29, 1.82) is 0 Å². The zero-order chi connectivity index (χ0) is 17.6. The summed E-state index contributed by atoms with van der Waals surface area (Å²) in [6.07, 6.45) is 2.03. The quantitative estimate of drug-likeness (QED) is 0.707. The molecular formula is C18H22ClNO3S. The first-order valence-corrected chi connectivity index (χ1v) is 9.76. The molecule has 0 saturated carbocycles. The molecule has 6 heteroatoms. The molecule has 0 heterocycles. The number of halogens is 1. The molecule has 0 aliphatic rings. The summed E-state index contributed by atoms with van der Waals surface area (Å²) >= 11 is 5.96. The van der Waals surface area contributed by atoms with Crippen LogP contribution in [0.3, 0.4) is 0 Å². The molecular weight excluding hydrogens is 346 g/mol. The van der Waals surface area contributed by atoms with Gasteiger partial charge in [-0.25, -0.2) is 13.1 Å². The minimum Gasteiger partial charge on any atom is -0.494 e. The number of hydrogen-bond acceptors (Lipinski definition) is 3. The lowest BCUT2D eigenvalue weighted by Crippen LogP contribution is -2.23. The van der Waals surface area contributed by atoms with Crippen LogP contribution in [-0.2, 0) is 16.6 Å². The molecule has 2 aromatic rings. The van der Waals surface area contributed by atoms with Crippen LogP contribution in [0.1, 0.15) is 30.9 Å². The molecule has 1 N–H and O–H groups in total. The van der Waals surface area contributed by atoms with Gasteiger partial charge in [-0.3, -0.25) is 0 Å². The molecule has 0 bridgehead atoms. The highest BCUT2D eigenvalue weighted by Gasteiger charge is 2.14. The average Bonchev–Trinajstić information content (AvgIpc) is 2.56. The minimum absolute atomic E-state index is 0.198.